The van der Waals surface area contributed by atoms with Crippen LogP contribution in [0.4, 0.5) is 4.39 Å². The molecule has 0 heterocycles. The third-order valence-corrected chi connectivity index (χ3v) is 1.85. The SMILES string of the molecule is CC(=O)[C@H](N)CC/C=C(/F)CN=C(C)N. The fourth-order valence-corrected chi connectivity index (χ4v) is 0.888. The summed E-state index contributed by atoms with van der Waals surface area (Å²) in [6.07, 6.45) is 2.27. The van der Waals surface area contributed by atoms with Gasteiger partial charge < -0.3 is 11.5 Å². The van der Waals surface area contributed by atoms with Crippen LogP contribution in [0.1, 0.15) is 26.7 Å². The van der Waals surface area contributed by atoms with Gasteiger partial charge in [0.1, 0.15) is 11.6 Å². The molecule has 0 spiro atoms. The van der Waals surface area contributed by atoms with Crippen molar-refractivity contribution in [1.29, 1.82) is 0 Å². The minimum Gasteiger partial charge on any atom is -0.388 e. The summed E-state index contributed by atoms with van der Waals surface area (Å²) >= 11 is 0. The van der Waals surface area contributed by atoms with Gasteiger partial charge in [-0.2, -0.15) is 0 Å². The van der Waals surface area contributed by atoms with Crippen LogP contribution in [0.2, 0.25) is 0 Å². The molecule has 0 fully saturated rings. The van der Waals surface area contributed by atoms with Gasteiger partial charge in [0.05, 0.1) is 18.4 Å². The molecule has 0 saturated heterocycles. The van der Waals surface area contributed by atoms with Crippen LogP contribution in [0.5, 0.6) is 0 Å². The lowest BCUT2D eigenvalue weighted by atomic mass is 10.1. The highest BCUT2D eigenvalue weighted by molar-refractivity contribution is 5.81. The summed E-state index contributed by atoms with van der Waals surface area (Å²) in [6, 6.07) is -0.506. The Morgan fingerprint density at radius 2 is 2.13 bits per heavy atom. The van der Waals surface area contributed by atoms with Crippen LogP contribution < -0.4 is 11.5 Å². The van der Waals surface area contributed by atoms with Crippen molar-refractivity contribution in [3.05, 3.63) is 11.9 Å². The molecule has 15 heavy (non-hydrogen) atoms. The van der Waals surface area contributed by atoms with Gasteiger partial charge in [-0.3, -0.25) is 9.79 Å². The predicted molar refractivity (Wildman–Crippen MR) is 59.2 cm³/mol. The third kappa shape index (κ3) is 7.81. The van der Waals surface area contributed by atoms with E-state index in [9.17, 15) is 9.18 Å². The molecule has 0 aliphatic rings. The minimum absolute atomic E-state index is 0.0440. The van der Waals surface area contributed by atoms with Crippen molar-refractivity contribution in [1.82, 2.24) is 0 Å². The second-order valence-electron chi connectivity index (χ2n) is 3.40. The largest absolute Gasteiger partial charge is 0.388 e. The predicted octanol–water partition coefficient (Wildman–Crippen LogP) is 0.913. The molecule has 0 radical (unpaired) electrons. The number of allylic oxidation sites excluding steroid dienone is 1. The minimum atomic E-state index is -0.506. The van der Waals surface area contributed by atoms with Gasteiger partial charge in [-0.25, -0.2) is 4.39 Å². The Morgan fingerprint density at radius 1 is 1.53 bits per heavy atom. The van der Waals surface area contributed by atoms with Crippen LogP contribution >= 0.6 is 0 Å². The number of rotatable bonds is 6. The summed E-state index contributed by atoms with van der Waals surface area (Å²) in [5, 5.41) is 0. The van der Waals surface area contributed by atoms with Crippen LogP contribution in [0.25, 0.3) is 0 Å². The second kappa shape index (κ2) is 7.11. The molecule has 0 rings (SSSR count). The van der Waals surface area contributed by atoms with Crippen molar-refractivity contribution in [3.63, 3.8) is 0 Å². The summed E-state index contributed by atoms with van der Waals surface area (Å²) in [6.45, 7) is 2.98. The molecule has 86 valence electrons. The lowest BCUT2D eigenvalue weighted by Gasteiger charge is -2.04. The summed E-state index contributed by atoms with van der Waals surface area (Å²) in [5.74, 6) is -0.0887. The highest BCUT2D eigenvalue weighted by Crippen LogP contribution is 2.03. The topological polar surface area (TPSA) is 81.5 Å². The fourth-order valence-electron chi connectivity index (χ4n) is 0.888. The molecule has 5 heteroatoms. The standard InChI is InChI=1S/C10H18FN3O/c1-7(15)10(13)5-3-4-9(11)6-14-8(2)12/h4,10H,3,5-6,13H2,1-2H3,(H2,12,14)/b9-4+/t10-/m1/s1. The maximum absolute atomic E-state index is 13.0. The van der Waals surface area contributed by atoms with Gasteiger partial charge in [-0.15, -0.1) is 0 Å². The second-order valence-corrected chi connectivity index (χ2v) is 3.40. The first-order valence-corrected chi connectivity index (χ1v) is 4.80. The van der Waals surface area contributed by atoms with Gasteiger partial charge in [-0.05, 0) is 26.7 Å². The maximum Gasteiger partial charge on any atom is 0.146 e. The number of carbonyl (C=O) groups excluding carboxylic acids is 1. The van der Waals surface area contributed by atoms with Gasteiger partial charge in [0.15, 0.2) is 0 Å². The number of ketones is 1. The van der Waals surface area contributed by atoms with Crippen molar-refractivity contribution < 1.29 is 9.18 Å². The molecule has 0 aliphatic heterocycles. The molecular formula is C10H18FN3O. The van der Waals surface area contributed by atoms with Crippen LogP contribution in [-0.4, -0.2) is 24.2 Å². The van der Waals surface area contributed by atoms with Crippen molar-refractivity contribution in [3.8, 4) is 0 Å². The Labute approximate surface area is 89.2 Å². The monoisotopic (exact) mass is 215 g/mol. The van der Waals surface area contributed by atoms with Gasteiger partial charge in [0, 0.05) is 0 Å². The first-order chi connectivity index (χ1) is 6.93. The Bertz CT molecular complexity index is 270. The molecule has 0 amide bonds. The lowest BCUT2D eigenvalue weighted by Crippen LogP contribution is -2.27. The van der Waals surface area contributed by atoms with Gasteiger partial charge >= 0.3 is 0 Å². The highest BCUT2D eigenvalue weighted by atomic mass is 19.1. The van der Waals surface area contributed by atoms with Crippen LogP contribution in [0, 0.1) is 0 Å². The smallest absolute Gasteiger partial charge is 0.146 e. The molecule has 1 atom stereocenters. The normalized spacial score (nSPS) is 15.2. The molecule has 0 aromatic heterocycles. The molecule has 0 aliphatic carbocycles. The van der Waals surface area contributed by atoms with E-state index in [1.807, 2.05) is 0 Å². The number of hydrogen-bond donors (Lipinski definition) is 2. The molecule has 0 aromatic carbocycles. The Morgan fingerprint density at radius 3 is 2.60 bits per heavy atom. The van der Waals surface area contributed by atoms with Gasteiger partial charge in [0.25, 0.3) is 0 Å². The van der Waals surface area contributed by atoms with E-state index in [1.54, 1.807) is 6.92 Å². The number of nitrogens with zero attached hydrogens (tertiary/aromatic N) is 1. The Hall–Kier alpha value is -1.23. The highest BCUT2D eigenvalue weighted by Gasteiger charge is 2.06. The lowest BCUT2D eigenvalue weighted by molar-refractivity contribution is -0.118. The van der Waals surface area contributed by atoms with E-state index in [0.29, 0.717) is 18.7 Å². The summed E-state index contributed by atoms with van der Waals surface area (Å²) in [4.78, 5) is 14.5. The molecule has 4 nitrogen and oxygen atoms in total. The van der Waals surface area contributed by atoms with E-state index in [0.717, 1.165) is 0 Å². The number of hydrogen-bond acceptors (Lipinski definition) is 3. The summed E-state index contributed by atoms with van der Waals surface area (Å²) in [5.41, 5.74) is 10.7. The van der Waals surface area contributed by atoms with Crippen LogP contribution in [0.3, 0.4) is 0 Å². The Balaban J connectivity index is 3.86. The number of halogens is 1. The van der Waals surface area contributed by atoms with E-state index >= 15 is 0 Å². The summed E-state index contributed by atoms with van der Waals surface area (Å²) in [7, 11) is 0. The van der Waals surface area contributed by atoms with Crippen molar-refractivity contribution in [2.75, 3.05) is 6.54 Å². The van der Waals surface area contributed by atoms with E-state index in [4.69, 9.17) is 11.5 Å². The average Bonchev–Trinajstić information content (AvgIpc) is 2.14. The van der Waals surface area contributed by atoms with E-state index < -0.39 is 6.04 Å². The molecule has 0 bridgehead atoms. The number of carbonyl (C=O) groups is 1. The fraction of sp³-hybridized carbons (Fsp3) is 0.600. The average molecular weight is 215 g/mol. The molecule has 4 N–H and O–H groups in total. The zero-order valence-corrected chi connectivity index (χ0v) is 9.16. The number of amidine groups is 1. The van der Waals surface area contributed by atoms with Crippen molar-refractivity contribution >= 4 is 11.6 Å². The van der Waals surface area contributed by atoms with E-state index in [1.165, 1.54) is 13.0 Å². The maximum atomic E-state index is 13.0. The first kappa shape index (κ1) is 13.8. The zero-order valence-electron chi connectivity index (χ0n) is 9.16. The van der Waals surface area contributed by atoms with Crippen molar-refractivity contribution in [2.45, 2.75) is 32.7 Å². The van der Waals surface area contributed by atoms with Gasteiger partial charge in [-0.1, -0.05) is 6.08 Å². The van der Waals surface area contributed by atoms with Crippen LogP contribution in [-0.2, 0) is 4.79 Å². The van der Waals surface area contributed by atoms with Crippen molar-refractivity contribution in [2.24, 2.45) is 16.5 Å². The number of Topliss-reactive ketones (excluding diaryl/α,β-unsaturated/α-hetero) is 1. The summed E-state index contributed by atoms with van der Waals surface area (Å²) < 4.78 is 13.0. The number of aliphatic imine (C=N–C) groups is 1. The zero-order chi connectivity index (χ0) is 11.8. The quantitative estimate of drug-likeness (QED) is 0.510. The third-order valence-electron chi connectivity index (χ3n) is 1.85. The molecule has 0 unspecified atom stereocenters. The van der Waals surface area contributed by atoms with E-state index in [2.05, 4.69) is 4.99 Å². The molecular weight excluding hydrogens is 197 g/mol. The van der Waals surface area contributed by atoms with Crippen LogP contribution in [0.15, 0.2) is 16.9 Å². The van der Waals surface area contributed by atoms with Gasteiger partial charge in [0.2, 0.25) is 0 Å². The first-order valence-electron chi connectivity index (χ1n) is 4.80. The van der Waals surface area contributed by atoms with E-state index in [-0.39, 0.29) is 18.2 Å². The Kier molecular flexibility index (Phi) is 6.53. The molecule has 0 saturated carbocycles. The molecule has 0 aromatic rings. The number of nitrogens with two attached hydrogens (primary N) is 2.